The number of hydrogen-bond acceptors (Lipinski definition) is 17. The first-order valence-corrected chi connectivity index (χ1v) is 38.9. The van der Waals surface area contributed by atoms with Crippen LogP contribution in [0.2, 0.25) is 20.1 Å². The average molecular weight is 1690 g/mol. The van der Waals surface area contributed by atoms with E-state index in [-0.39, 0.29) is 75.9 Å². The van der Waals surface area contributed by atoms with E-state index in [1.54, 1.807) is 177 Å². The number of nitrogens with one attached hydrogen (secondary N) is 8. The molecule has 8 amide bonds. The molecule has 0 aliphatic heterocycles. The van der Waals surface area contributed by atoms with Gasteiger partial charge in [-0.3, -0.25) is 83.2 Å². The molecule has 0 unspecified atom stereocenters. The smallest absolute Gasteiger partial charge is 0.270 e. The molecule has 25 nitrogen and oxygen atoms in total. The standard InChI is InChI=1S/C25H19ClN4O2.C24H18ClN5O2.C22H21ClN4O2.C21H19ClN4O2/c26-21-12-11-19(15-20(21)22-5-1-3-13-27-22)30-24(31)18-9-7-17(8-10-18)16-29-25(32)23-6-2-4-14-28-23;25-20-9-8-17(13-19(20)21-6-2-4-12-27-21)30-23(31)16-7-10-22(28-14-16)24(32)29-15-18-5-1-3-11-26-18;1-22(2,3)27-21(29)19-10-7-14(13-25-19)20(28)26-15-8-9-17(23)16(12-15)18-6-4-5-11-24-18;1-13(2)25-21(28)19-9-6-14(12-24-19)20(27)26-15-7-8-17(22)16(11-15)18-5-3-4-10-23-18/h1-15H,16H2,(H,29,32)(H,30,31);1-14H,15H2,(H,29,32)(H,30,31);4-13H,1-3H3,(H,26,28)(H,27,29);3-13H,1-2H3,(H,25,28)(H,26,27). The number of pyridine rings is 9. The number of nitrogens with zero attached hydrogens (tertiary/aromatic N) is 9. The number of amides is 8. The monoisotopic (exact) mass is 1690 g/mol. The molecule has 29 heteroatoms. The molecule has 0 radical (unpaired) electrons. The molecular formula is C92H77Cl4N17O8. The van der Waals surface area contributed by atoms with Crippen LogP contribution in [0.1, 0.15) is 129 Å². The molecule has 0 atom stereocenters. The Morgan fingerprint density at radius 1 is 0.306 bits per heavy atom. The van der Waals surface area contributed by atoms with Crippen molar-refractivity contribution in [2.24, 2.45) is 0 Å². The van der Waals surface area contributed by atoms with E-state index in [0.29, 0.717) is 107 Å². The lowest BCUT2D eigenvalue weighted by Crippen LogP contribution is -2.40. The Morgan fingerprint density at radius 2 is 0.620 bits per heavy atom. The van der Waals surface area contributed by atoms with Gasteiger partial charge < -0.3 is 42.5 Å². The third-order valence-corrected chi connectivity index (χ3v) is 18.4. The van der Waals surface area contributed by atoms with Crippen molar-refractivity contribution in [3.63, 3.8) is 0 Å². The molecule has 0 saturated heterocycles. The van der Waals surface area contributed by atoms with E-state index < -0.39 is 0 Å². The topological polar surface area (TPSA) is 349 Å². The quantitative estimate of drug-likeness (QED) is 0.0331. The van der Waals surface area contributed by atoms with E-state index in [9.17, 15) is 38.4 Å². The van der Waals surface area contributed by atoms with Crippen molar-refractivity contribution in [3.8, 4) is 45.0 Å². The molecular weight excluding hydrogens is 1610 g/mol. The maximum atomic E-state index is 12.7. The van der Waals surface area contributed by atoms with Crippen LogP contribution >= 0.6 is 46.4 Å². The predicted molar refractivity (Wildman–Crippen MR) is 470 cm³/mol. The molecule has 0 saturated carbocycles. The van der Waals surface area contributed by atoms with Crippen LogP contribution < -0.4 is 42.5 Å². The number of rotatable bonds is 21. The minimum atomic E-state index is -0.366. The van der Waals surface area contributed by atoms with Gasteiger partial charge >= 0.3 is 0 Å². The summed E-state index contributed by atoms with van der Waals surface area (Å²) in [4.78, 5) is 136. The summed E-state index contributed by atoms with van der Waals surface area (Å²) in [6, 6.07) is 69.9. The highest BCUT2D eigenvalue weighted by atomic mass is 35.5. The maximum absolute atomic E-state index is 12.7. The summed E-state index contributed by atoms with van der Waals surface area (Å²) >= 11 is 25.1. The van der Waals surface area contributed by atoms with Crippen LogP contribution in [-0.4, -0.2) is 104 Å². The van der Waals surface area contributed by atoms with Crippen molar-refractivity contribution in [1.29, 1.82) is 0 Å². The van der Waals surface area contributed by atoms with Crippen LogP contribution in [0, 0.1) is 0 Å². The van der Waals surface area contributed by atoms with Crippen LogP contribution in [-0.2, 0) is 13.1 Å². The molecule has 121 heavy (non-hydrogen) atoms. The second-order valence-electron chi connectivity index (χ2n) is 27.7. The van der Waals surface area contributed by atoms with Gasteiger partial charge in [0, 0.05) is 124 Å². The van der Waals surface area contributed by atoms with Crippen LogP contribution in [0.15, 0.2) is 298 Å². The Balaban J connectivity index is 0.000000158. The molecule has 606 valence electrons. The van der Waals surface area contributed by atoms with Crippen molar-refractivity contribution < 1.29 is 38.4 Å². The van der Waals surface area contributed by atoms with Crippen molar-refractivity contribution in [2.75, 3.05) is 21.3 Å². The number of carbonyl (C=O) groups is 8. The summed E-state index contributed by atoms with van der Waals surface area (Å²) < 4.78 is 0. The highest BCUT2D eigenvalue weighted by molar-refractivity contribution is 6.35. The average Bonchev–Trinajstić information content (AvgIpc) is 0.836. The fourth-order valence-electron chi connectivity index (χ4n) is 11.1. The van der Waals surface area contributed by atoms with E-state index in [0.717, 1.165) is 33.6 Å². The first kappa shape index (κ1) is 87.2. The van der Waals surface area contributed by atoms with Crippen LogP contribution in [0.5, 0.6) is 0 Å². The van der Waals surface area contributed by atoms with Crippen molar-refractivity contribution in [1.82, 2.24) is 66.1 Å². The van der Waals surface area contributed by atoms with E-state index in [4.69, 9.17) is 46.4 Å². The fourth-order valence-corrected chi connectivity index (χ4v) is 12.0. The van der Waals surface area contributed by atoms with E-state index in [1.165, 1.54) is 36.8 Å². The molecule has 0 aliphatic carbocycles. The van der Waals surface area contributed by atoms with Gasteiger partial charge in [-0.1, -0.05) is 94.9 Å². The molecule has 14 aromatic rings. The lowest BCUT2D eigenvalue weighted by atomic mass is 10.1. The van der Waals surface area contributed by atoms with Gasteiger partial charge in [0.15, 0.2) is 0 Å². The zero-order valence-corrected chi connectivity index (χ0v) is 68.6. The minimum Gasteiger partial charge on any atom is -0.349 e. The Morgan fingerprint density at radius 3 is 0.934 bits per heavy atom. The number of aromatic nitrogens is 9. The first-order valence-electron chi connectivity index (χ1n) is 37.4. The largest absolute Gasteiger partial charge is 0.349 e. The number of hydrogen-bond donors (Lipinski definition) is 8. The summed E-state index contributed by atoms with van der Waals surface area (Å²) in [6.07, 6.45) is 14.1. The summed E-state index contributed by atoms with van der Waals surface area (Å²) in [5, 5.41) is 24.6. The van der Waals surface area contributed by atoms with Gasteiger partial charge in [-0.15, -0.1) is 0 Å². The molecule has 9 aromatic heterocycles. The molecule has 5 aromatic carbocycles. The fraction of sp³-hybridized carbons (Fsp3) is 0.0978. The SMILES string of the molecule is CC(C)(C)NC(=O)c1ccc(C(=O)Nc2ccc(Cl)c(-c3ccccn3)c2)cn1.CC(C)NC(=O)c1ccc(C(=O)Nc2ccc(Cl)c(-c3ccccn3)c2)cn1.O=C(Nc1ccc(Cl)c(-c2ccccn2)c1)c1ccc(C(=O)NCc2ccccn2)nc1.O=C(Nc1ccc(Cl)c(-c2ccccn2)c1)c1ccc(CNC(=O)c2ccccn2)cc1. The third-order valence-electron chi connectivity index (χ3n) is 17.1. The lowest BCUT2D eigenvalue weighted by Gasteiger charge is -2.20. The minimum absolute atomic E-state index is 0.00970. The van der Waals surface area contributed by atoms with Gasteiger partial charge in [-0.2, -0.15) is 0 Å². The van der Waals surface area contributed by atoms with Crippen LogP contribution in [0.25, 0.3) is 45.0 Å². The van der Waals surface area contributed by atoms with Gasteiger partial charge in [-0.05, 0) is 234 Å². The van der Waals surface area contributed by atoms with Crippen molar-refractivity contribution >= 4 is 116 Å². The Bertz CT molecular complexity index is 5940. The van der Waals surface area contributed by atoms with Crippen molar-refractivity contribution in [3.05, 3.63) is 375 Å². The van der Waals surface area contributed by atoms with Gasteiger partial charge in [0.25, 0.3) is 47.3 Å². The Kier molecular flexibility index (Phi) is 30.6. The molecule has 0 spiro atoms. The van der Waals surface area contributed by atoms with Crippen molar-refractivity contribution in [2.45, 2.75) is 59.3 Å². The van der Waals surface area contributed by atoms with Gasteiger partial charge in [-0.25, -0.2) is 0 Å². The Hall–Kier alpha value is -14.6. The number of carbonyl (C=O) groups excluding carboxylic acids is 8. The second kappa shape index (κ2) is 42.5. The number of anilines is 4. The Labute approximate surface area is 716 Å². The molecule has 0 fully saturated rings. The maximum Gasteiger partial charge on any atom is 0.270 e. The van der Waals surface area contributed by atoms with Gasteiger partial charge in [0.2, 0.25) is 0 Å². The highest BCUT2D eigenvalue weighted by Crippen LogP contribution is 2.34. The molecule has 9 heterocycles. The zero-order chi connectivity index (χ0) is 85.8. The highest BCUT2D eigenvalue weighted by Gasteiger charge is 2.21. The molecule has 0 aliphatic rings. The van der Waals surface area contributed by atoms with E-state index in [2.05, 4.69) is 87.4 Å². The number of benzene rings is 5. The number of halogens is 4. The normalized spacial score (nSPS) is 10.6. The first-order chi connectivity index (χ1) is 58.4. The van der Waals surface area contributed by atoms with E-state index >= 15 is 0 Å². The second-order valence-corrected chi connectivity index (χ2v) is 29.3. The van der Waals surface area contributed by atoms with Gasteiger partial charge in [0.05, 0.1) is 71.8 Å². The molecule has 8 N–H and O–H groups in total. The third kappa shape index (κ3) is 25.9. The zero-order valence-electron chi connectivity index (χ0n) is 65.6. The molecule has 14 rings (SSSR count). The summed E-state index contributed by atoms with van der Waals surface area (Å²) in [5.41, 5.74) is 11.9. The van der Waals surface area contributed by atoms with Crippen LogP contribution in [0.3, 0.4) is 0 Å². The van der Waals surface area contributed by atoms with Gasteiger partial charge in [0.1, 0.15) is 22.8 Å². The van der Waals surface area contributed by atoms with Crippen LogP contribution in [0.4, 0.5) is 22.7 Å². The summed E-state index contributed by atoms with van der Waals surface area (Å²) in [7, 11) is 0. The summed E-state index contributed by atoms with van der Waals surface area (Å²) in [5.74, 6) is -2.44. The predicted octanol–water partition coefficient (Wildman–Crippen LogP) is 18.1. The summed E-state index contributed by atoms with van der Waals surface area (Å²) in [6.45, 7) is 10.0. The molecule has 0 bridgehead atoms. The van der Waals surface area contributed by atoms with E-state index in [1.807, 2.05) is 120 Å². The lowest BCUT2D eigenvalue weighted by molar-refractivity contribution is 0.0908.